The van der Waals surface area contributed by atoms with Crippen LogP contribution >= 0.6 is 0 Å². The van der Waals surface area contributed by atoms with E-state index < -0.39 is 0 Å². The van der Waals surface area contributed by atoms with Gasteiger partial charge in [0.15, 0.2) is 0 Å². The lowest BCUT2D eigenvalue weighted by Crippen LogP contribution is -2.53. The second kappa shape index (κ2) is 7.51. The van der Waals surface area contributed by atoms with Crippen molar-refractivity contribution in [3.05, 3.63) is 42.0 Å². The fourth-order valence-corrected chi connectivity index (χ4v) is 3.33. The average molecular weight is 327 g/mol. The summed E-state index contributed by atoms with van der Waals surface area (Å²) in [5.41, 5.74) is 1.93. The van der Waals surface area contributed by atoms with Crippen LogP contribution in [0.15, 0.2) is 36.4 Å². The van der Waals surface area contributed by atoms with E-state index in [2.05, 4.69) is 17.5 Å². The Morgan fingerprint density at radius 3 is 2.50 bits per heavy atom. The SMILES string of the molecule is Cc1cccc(NC(=O)N2CCN(C(=O)C3CC=CCC3)CC2)c1. The van der Waals surface area contributed by atoms with E-state index in [1.54, 1.807) is 4.90 Å². The summed E-state index contributed by atoms with van der Waals surface area (Å²) in [6.07, 6.45) is 7.06. The first kappa shape index (κ1) is 16.6. The van der Waals surface area contributed by atoms with Gasteiger partial charge in [0.05, 0.1) is 0 Å². The number of allylic oxidation sites excluding steroid dienone is 2. The predicted octanol–water partition coefficient (Wildman–Crippen LogP) is 3.03. The first-order valence-corrected chi connectivity index (χ1v) is 8.70. The molecule has 5 heteroatoms. The van der Waals surface area contributed by atoms with Gasteiger partial charge in [0, 0.05) is 37.8 Å². The van der Waals surface area contributed by atoms with Gasteiger partial charge in [-0.25, -0.2) is 4.79 Å². The fraction of sp³-hybridized carbons (Fsp3) is 0.474. The third-order valence-electron chi connectivity index (χ3n) is 4.77. The second-order valence-electron chi connectivity index (χ2n) is 6.59. The number of aryl methyl sites for hydroxylation is 1. The van der Waals surface area contributed by atoms with E-state index in [4.69, 9.17) is 0 Å². The van der Waals surface area contributed by atoms with Gasteiger partial charge in [-0.3, -0.25) is 4.79 Å². The van der Waals surface area contributed by atoms with Crippen LogP contribution in [0.3, 0.4) is 0 Å². The van der Waals surface area contributed by atoms with Gasteiger partial charge in [-0.2, -0.15) is 0 Å². The van der Waals surface area contributed by atoms with Crippen molar-refractivity contribution in [2.45, 2.75) is 26.2 Å². The average Bonchev–Trinajstić information content (AvgIpc) is 2.62. The summed E-state index contributed by atoms with van der Waals surface area (Å²) in [7, 11) is 0. The van der Waals surface area contributed by atoms with Crippen molar-refractivity contribution in [3.63, 3.8) is 0 Å². The minimum Gasteiger partial charge on any atom is -0.339 e. The molecule has 5 nitrogen and oxygen atoms in total. The van der Waals surface area contributed by atoms with Gasteiger partial charge < -0.3 is 15.1 Å². The molecule has 1 aliphatic heterocycles. The summed E-state index contributed by atoms with van der Waals surface area (Å²) in [6.45, 7) is 4.43. The van der Waals surface area contributed by atoms with Gasteiger partial charge in [-0.1, -0.05) is 24.3 Å². The van der Waals surface area contributed by atoms with Crippen LogP contribution in [0.1, 0.15) is 24.8 Å². The van der Waals surface area contributed by atoms with Crippen LogP contribution in [0.4, 0.5) is 10.5 Å². The Hall–Kier alpha value is -2.30. The molecule has 1 unspecified atom stereocenters. The fourth-order valence-electron chi connectivity index (χ4n) is 3.33. The Balaban J connectivity index is 1.50. The van der Waals surface area contributed by atoms with Gasteiger partial charge in [0.25, 0.3) is 0 Å². The molecule has 0 spiro atoms. The van der Waals surface area contributed by atoms with Crippen LogP contribution in [-0.4, -0.2) is 47.9 Å². The number of carbonyl (C=O) groups excluding carboxylic acids is 2. The number of hydrogen-bond donors (Lipinski definition) is 1. The molecule has 0 aromatic heterocycles. The van der Waals surface area contributed by atoms with E-state index in [0.717, 1.165) is 30.5 Å². The molecule has 0 saturated carbocycles. The number of nitrogens with one attached hydrogen (secondary N) is 1. The third kappa shape index (κ3) is 3.96. The molecule has 1 heterocycles. The zero-order valence-electron chi connectivity index (χ0n) is 14.2. The highest BCUT2D eigenvalue weighted by Crippen LogP contribution is 2.21. The van der Waals surface area contributed by atoms with Crippen molar-refractivity contribution >= 4 is 17.6 Å². The number of anilines is 1. The Kier molecular flexibility index (Phi) is 5.18. The van der Waals surface area contributed by atoms with Gasteiger partial charge >= 0.3 is 6.03 Å². The molecule has 3 rings (SSSR count). The summed E-state index contributed by atoms with van der Waals surface area (Å²) < 4.78 is 0. The smallest absolute Gasteiger partial charge is 0.321 e. The Morgan fingerprint density at radius 2 is 1.83 bits per heavy atom. The van der Waals surface area contributed by atoms with E-state index in [1.165, 1.54) is 0 Å². The van der Waals surface area contributed by atoms with Crippen molar-refractivity contribution in [2.75, 3.05) is 31.5 Å². The van der Waals surface area contributed by atoms with Crippen molar-refractivity contribution in [1.29, 1.82) is 0 Å². The van der Waals surface area contributed by atoms with Crippen LogP contribution in [0.25, 0.3) is 0 Å². The highest BCUT2D eigenvalue weighted by atomic mass is 16.2. The predicted molar refractivity (Wildman–Crippen MR) is 94.8 cm³/mol. The van der Waals surface area contributed by atoms with E-state index in [9.17, 15) is 9.59 Å². The van der Waals surface area contributed by atoms with Crippen molar-refractivity contribution in [3.8, 4) is 0 Å². The topological polar surface area (TPSA) is 52.7 Å². The lowest BCUT2D eigenvalue weighted by atomic mass is 9.93. The van der Waals surface area contributed by atoms with Crippen molar-refractivity contribution in [1.82, 2.24) is 9.80 Å². The van der Waals surface area contributed by atoms with Gasteiger partial charge in [-0.15, -0.1) is 0 Å². The zero-order chi connectivity index (χ0) is 16.9. The molecule has 1 N–H and O–H groups in total. The molecule has 0 radical (unpaired) electrons. The number of carbonyl (C=O) groups is 2. The van der Waals surface area contributed by atoms with Gasteiger partial charge in [0.1, 0.15) is 0 Å². The first-order chi connectivity index (χ1) is 11.6. The van der Waals surface area contributed by atoms with E-state index in [-0.39, 0.29) is 17.9 Å². The highest BCUT2D eigenvalue weighted by Gasteiger charge is 2.28. The molecule has 1 aromatic rings. The molecular weight excluding hydrogens is 302 g/mol. The Morgan fingerprint density at radius 1 is 1.08 bits per heavy atom. The number of piperazine rings is 1. The number of urea groups is 1. The monoisotopic (exact) mass is 327 g/mol. The molecule has 0 bridgehead atoms. The number of rotatable bonds is 2. The zero-order valence-corrected chi connectivity index (χ0v) is 14.2. The van der Waals surface area contributed by atoms with Gasteiger partial charge in [0.2, 0.25) is 5.91 Å². The van der Waals surface area contributed by atoms with E-state index in [0.29, 0.717) is 26.2 Å². The lowest BCUT2D eigenvalue weighted by Gasteiger charge is -2.36. The molecule has 1 saturated heterocycles. The second-order valence-corrected chi connectivity index (χ2v) is 6.59. The number of benzene rings is 1. The summed E-state index contributed by atoms with van der Waals surface area (Å²) in [4.78, 5) is 28.6. The highest BCUT2D eigenvalue weighted by molar-refractivity contribution is 5.89. The normalized spacial score (nSPS) is 20.8. The van der Waals surface area contributed by atoms with Crippen LogP contribution in [0, 0.1) is 12.8 Å². The number of hydrogen-bond acceptors (Lipinski definition) is 2. The number of amides is 3. The van der Waals surface area contributed by atoms with E-state index in [1.807, 2.05) is 36.1 Å². The maximum atomic E-state index is 12.5. The van der Waals surface area contributed by atoms with Gasteiger partial charge in [-0.05, 0) is 43.9 Å². The standard InChI is InChI=1S/C19H25N3O2/c1-15-6-5-9-17(14-15)20-19(24)22-12-10-21(11-13-22)18(23)16-7-3-2-4-8-16/h2-3,5-6,9,14,16H,4,7-8,10-13H2,1H3,(H,20,24). The van der Waals surface area contributed by atoms with E-state index >= 15 is 0 Å². The maximum absolute atomic E-state index is 12.5. The quantitative estimate of drug-likeness (QED) is 0.849. The maximum Gasteiger partial charge on any atom is 0.321 e. The summed E-state index contributed by atoms with van der Waals surface area (Å²) in [6, 6.07) is 7.68. The third-order valence-corrected chi connectivity index (χ3v) is 4.77. The van der Waals surface area contributed by atoms with Crippen molar-refractivity contribution in [2.24, 2.45) is 5.92 Å². The van der Waals surface area contributed by atoms with Crippen molar-refractivity contribution < 1.29 is 9.59 Å². The largest absolute Gasteiger partial charge is 0.339 e. The van der Waals surface area contributed by atoms with Crippen LogP contribution in [0.2, 0.25) is 0 Å². The lowest BCUT2D eigenvalue weighted by molar-refractivity contribution is -0.137. The summed E-state index contributed by atoms with van der Waals surface area (Å²) >= 11 is 0. The molecule has 1 atom stereocenters. The minimum absolute atomic E-state index is 0.0895. The van der Waals surface area contributed by atoms with Crippen LogP contribution in [0.5, 0.6) is 0 Å². The Labute approximate surface area is 143 Å². The molecule has 1 aliphatic carbocycles. The first-order valence-electron chi connectivity index (χ1n) is 8.70. The summed E-state index contributed by atoms with van der Waals surface area (Å²) in [5.74, 6) is 0.376. The summed E-state index contributed by atoms with van der Waals surface area (Å²) in [5, 5.41) is 2.93. The van der Waals surface area contributed by atoms with Crippen LogP contribution in [-0.2, 0) is 4.79 Å². The molecular formula is C19H25N3O2. The molecule has 3 amide bonds. The molecule has 128 valence electrons. The Bertz CT molecular complexity index is 633. The molecule has 2 aliphatic rings. The molecule has 24 heavy (non-hydrogen) atoms. The molecule has 1 fully saturated rings. The molecule has 1 aromatic carbocycles. The minimum atomic E-state index is -0.0895. The number of nitrogens with zero attached hydrogens (tertiary/aromatic N) is 2. The van der Waals surface area contributed by atoms with Crippen LogP contribution < -0.4 is 5.32 Å².